The molecule has 63 heavy (non-hydrogen) atoms. The maximum Gasteiger partial charge on any atom is 0.390 e. The largest absolute Gasteiger partial charge is 0.393 e. The fourth-order valence-electron chi connectivity index (χ4n) is 9.47. The molecule has 0 radical (unpaired) electrons. The minimum Gasteiger partial charge on any atom is -0.393 e. The summed E-state index contributed by atoms with van der Waals surface area (Å²) >= 11 is 0. The second-order valence-corrected chi connectivity index (χ2v) is 17.4. The van der Waals surface area contributed by atoms with Crippen molar-refractivity contribution in [1.82, 2.24) is 38.8 Å². The monoisotopic (exact) mass is 873 g/mol. The van der Waals surface area contributed by atoms with E-state index in [0.717, 1.165) is 92.4 Å². The zero-order valence-electron chi connectivity index (χ0n) is 36.1. The molecule has 2 aliphatic heterocycles. The number of piperazine rings is 1. The number of fused-ring (bicyclic) bond motifs is 2. The van der Waals surface area contributed by atoms with Crippen molar-refractivity contribution in [1.29, 1.82) is 0 Å². The number of hydrogen-bond donors (Lipinski definition) is 3. The highest BCUT2D eigenvalue weighted by molar-refractivity contribution is 6.00. The first kappa shape index (κ1) is 44.5. The van der Waals surface area contributed by atoms with E-state index < -0.39 is 24.5 Å². The van der Waals surface area contributed by atoms with Gasteiger partial charge in [-0.25, -0.2) is 9.78 Å². The van der Waals surface area contributed by atoms with Crippen LogP contribution in [0.3, 0.4) is 0 Å². The molecule has 3 aliphatic rings. The van der Waals surface area contributed by atoms with Crippen LogP contribution in [-0.2, 0) is 27.8 Å². The number of imidazole rings is 1. The molecule has 338 valence electrons. The molecular weight excluding hydrogens is 816 g/mol. The Kier molecular flexibility index (Phi) is 13.7. The molecule has 1 saturated carbocycles. The molecule has 5 aromatic rings. The van der Waals surface area contributed by atoms with Crippen molar-refractivity contribution in [3.05, 3.63) is 76.5 Å². The third kappa shape index (κ3) is 10.3. The Morgan fingerprint density at radius 3 is 2.43 bits per heavy atom. The summed E-state index contributed by atoms with van der Waals surface area (Å²) in [6.07, 6.45) is 4.35. The van der Waals surface area contributed by atoms with Gasteiger partial charge in [-0.05, 0) is 87.1 Å². The Bertz CT molecular complexity index is 2450. The molecule has 0 bridgehead atoms. The van der Waals surface area contributed by atoms with Crippen LogP contribution in [0.4, 0.5) is 19.1 Å². The summed E-state index contributed by atoms with van der Waals surface area (Å²) in [6, 6.07) is 14.2. The van der Waals surface area contributed by atoms with Crippen LogP contribution in [-0.4, -0.2) is 115 Å². The Balaban J connectivity index is 0.786. The van der Waals surface area contributed by atoms with Gasteiger partial charge in [0.05, 0.1) is 23.6 Å². The van der Waals surface area contributed by atoms with E-state index in [4.69, 9.17) is 9.72 Å². The first-order valence-corrected chi connectivity index (χ1v) is 22.4. The van der Waals surface area contributed by atoms with Crippen LogP contribution in [0.2, 0.25) is 0 Å². The second-order valence-electron chi connectivity index (χ2n) is 17.4. The van der Waals surface area contributed by atoms with E-state index in [1.807, 2.05) is 18.2 Å². The van der Waals surface area contributed by atoms with Gasteiger partial charge in [0, 0.05) is 101 Å². The van der Waals surface area contributed by atoms with Crippen molar-refractivity contribution >= 4 is 39.8 Å². The van der Waals surface area contributed by atoms with Gasteiger partial charge in [0.15, 0.2) is 0 Å². The third-order valence-corrected chi connectivity index (χ3v) is 13.2. The average molecular weight is 874 g/mol. The highest BCUT2D eigenvalue weighted by Crippen LogP contribution is 2.37. The van der Waals surface area contributed by atoms with E-state index in [0.29, 0.717) is 43.6 Å². The SMILES string of the molecule is C[C@@H](c1ccc(-c2cn(C3CCC(O)CC3)c3nc(NCCC(F)(F)F)ncc23)cc1)N1CCN(CCCOCCCc2ccc3c(c2)n(C)c(=O)n3C2CCC(=O)NC2=O)CC1. The van der Waals surface area contributed by atoms with E-state index in [1.165, 1.54) is 10.1 Å². The summed E-state index contributed by atoms with van der Waals surface area (Å²) in [5.41, 5.74) is 6.19. The maximum absolute atomic E-state index is 13.1. The lowest BCUT2D eigenvalue weighted by molar-refractivity contribution is -0.136. The van der Waals surface area contributed by atoms with E-state index >= 15 is 0 Å². The summed E-state index contributed by atoms with van der Waals surface area (Å²) in [7, 11) is 1.71. The number of anilines is 1. The molecule has 8 rings (SSSR count). The van der Waals surface area contributed by atoms with Crippen molar-refractivity contribution in [2.75, 3.05) is 57.8 Å². The lowest BCUT2D eigenvalue weighted by Gasteiger charge is -2.38. The van der Waals surface area contributed by atoms with Gasteiger partial charge >= 0.3 is 11.9 Å². The van der Waals surface area contributed by atoms with Crippen LogP contribution in [0.25, 0.3) is 33.2 Å². The zero-order valence-corrected chi connectivity index (χ0v) is 36.1. The van der Waals surface area contributed by atoms with Crippen LogP contribution in [0.15, 0.2) is 59.7 Å². The fraction of sp³-hybridized carbons (Fsp3) is 0.543. The quantitative estimate of drug-likeness (QED) is 0.0763. The highest BCUT2D eigenvalue weighted by atomic mass is 19.4. The van der Waals surface area contributed by atoms with Gasteiger partial charge < -0.3 is 24.6 Å². The van der Waals surface area contributed by atoms with Crippen molar-refractivity contribution in [2.45, 2.75) is 102 Å². The third-order valence-electron chi connectivity index (χ3n) is 13.2. The lowest BCUT2D eigenvalue weighted by Crippen LogP contribution is -2.47. The van der Waals surface area contributed by atoms with E-state index in [-0.39, 0.29) is 48.7 Å². The number of nitrogens with one attached hydrogen (secondary N) is 2. The number of piperidine rings is 1. The van der Waals surface area contributed by atoms with Crippen LogP contribution in [0, 0.1) is 0 Å². The average Bonchev–Trinajstić information content (AvgIpc) is 3.76. The van der Waals surface area contributed by atoms with Gasteiger partial charge in [-0.1, -0.05) is 30.3 Å². The van der Waals surface area contributed by atoms with Crippen molar-refractivity contribution in [2.24, 2.45) is 7.05 Å². The summed E-state index contributed by atoms with van der Waals surface area (Å²) in [5.74, 6) is -0.573. The highest BCUT2D eigenvalue weighted by Gasteiger charge is 2.32. The predicted molar refractivity (Wildman–Crippen MR) is 234 cm³/mol. The number of nitrogens with zero attached hydrogens (tertiary/aromatic N) is 7. The van der Waals surface area contributed by atoms with Gasteiger partial charge in [0.1, 0.15) is 11.7 Å². The number of carbonyl (C=O) groups is 2. The maximum atomic E-state index is 13.1. The molecule has 5 heterocycles. The van der Waals surface area contributed by atoms with Crippen LogP contribution >= 0.6 is 0 Å². The molecule has 17 heteroatoms. The molecule has 1 aliphatic carbocycles. The summed E-state index contributed by atoms with van der Waals surface area (Å²) in [4.78, 5) is 51.3. The Labute approximate surface area is 364 Å². The number of carbonyl (C=O) groups excluding carboxylic acids is 2. The smallest absolute Gasteiger partial charge is 0.390 e. The number of ether oxygens (including phenoxy) is 1. The van der Waals surface area contributed by atoms with E-state index in [1.54, 1.807) is 17.8 Å². The van der Waals surface area contributed by atoms with Crippen molar-refractivity contribution < 1.29 is 32.6 Å². The molecule has 2 saturated heterocycles. The number of rotatable bonds is 16. The standard InChI is InChI=1S/C46H58F3N9O5/c1-30(32-7-9-33(10-8-32)37-29-57(34-11-13-35(59)14-12-34)42-36(37)28-51-44(53-42)50-19-18-46(47,48)49)56-23-21-55(22-24-56)20-4-26-63-25-3-5-31-6-15-38-40(27-31)54(2)45(62)58(38)39-16-17-41(60)52-43(39)61/h6-10,15,27-30,34-35,39,59H,3-5,11-14,16-26H2,1-2H3,(H,50,51,53)(H,52,60,61)/t30-,34?,35?,39?/m0/s1. The van der Waals surface area contributed by atoms with Crippen molar-refractivity contribution in [3.63, 3.8) is 0 Å². The number of halogens is 3. The first-order chi connectivity index (χ1) is 30.3. The number of aryl methyl sites for hydroxylation is 2. The first-order valence-electron chi connectivity index (χ1n) is 22.4. The minimum atomic E-state index is -4.27. The predicted octanol–water partition coefficient (Wildman–Crippen LogP) is 6.29. The number of alkyl halides is 3. The zero-order chi connectivity index (χ0) is 44.3. The molecule has 0 spiro atoms. The molecule has 2 amide bonds. The van der Waals surface area contributed by atoms with Crippen molar-refractivity contribution in [3.8, 4) is 11.1 Å². The van der Waals surface area contributed by atoms with E-state index in [2.05, 4.69) is 67.4 Å². The lowest BCUT2D eigenvalue weighted by atomic mass is 9.93. The number of imide groups is 1. The number of amides is 2. The topological polar surface area (TPSA) is 152 Å². The number of aliphatic hydroxyl groups is 1. The minimum absolute atomic E-state index is 0.128. The van der Waals surface area contributed by atoms with Gasteiger partial charge in [-0.3, -0.25) is 28.9 Å². The molecule has 3 fully saturated rings. The number of benzene rings is 2. The van der Waals surface area contributed by atoms with Gasteiger partial charge in [-0.15, -0.1) is 0 Å². The molecule has 1 unspecified atom stereocenters. The molecule has 2 aromatic carbocycles. The normalized spacial score (nSPS) is 21.0. The summed E-state index contributed by atoms with van der Waals surface area (Å²) in [5, 5.41) is 16.1. The number of hydrogen-bond acceptors (Lipinski definition) is 10. The molecule has 3 N–H and O–H groups in total. The van der Waals surface area contributed by atoms with Crippen LogP contribution < -0.4 is 16.3 Å². The molecular formula is C46H58F3N9O5. The Morgan fingerprint density at radius 1 is 0.952 bits per heavy atom. The van der Waals surface area contributed by atoms with Gasteiger partial charge in [0.2, 0.25) is 17.8 Å². The Hall–Kier alpha value is -5.10. The van der Waals surface area contributed by atoms with Crippen LogP contribution in [0.1, 0.15) is 94.0 Å². The fourth-order valence-corrected chi connectivity index (χ4v) is 9.47. The summed E-state index contributed by atoms with van der Waals surface area (Å²) in [6.45, 7) is 8.19. The Morgan fingerprint density at radius 2 is 1.70 bits per heavy atom. The molecule has 14 nitrogen and oxygen atoms in total. The summed E-state index contributed by atoms with van der Waals surface area (Å²) < 4.78 is 49.6. The van der Waals surface area contributed by atoms with Crippen LogP contribution in [0.5, 0.6) is 0 Å². The number of aliphatic hydroxyl groups excluding tert-OH is 1. The van der Waals surface area contributed by atoms with Gasteiger partial charge in [-0.2, -0.15) is 18.2 Å². The number of aromatic nitrogens is 5. The molecule has 2 atom stereocenters. The second kappa shape index (κ2) is 19.3. The van der Waals surface area contributed by atoms with Gasteiger partial charge in [0.25, 0.3) is 0 Å². The van der Waals surface area contributed by atoms with E-state index in [9.17, 15) is 32.7 Å². The molecule has 3 aromatic heterocycles.